The van der Waals surface area contributed by atoms with Gasteiger partial charge in [-0.25, -0.2) is 9.67 Å². The van der Waals surface area contributed by atoms with Crippen LogP contribution in [0.5, 0.6) is 5.75 Å². The predicted octanol–water partition coefficient (Wildman–Crippen LogP) is 3.87. The molecule has 0 aliphatic carbocycles. The average Bonchev–Trinajstić information content (AvgIpc) is 3.43. The van der Waals surface area contributed by atoms with Crippen LogP contribution >= 0.6 is 35.3 Å². The number of nitrogens with zero attached hydrogens (tertiary/aromatic N) is 5. The summed E-state index contributed by atoms with van der Waals surface area (Å²) in [6.45, 7) is 3.23. The third-order valence-electron chi connectivity index (χ3n) is 4.65. The van der Waals surface area contributed by atoms with Gasteiger partial charge in [-0.2, -0.15) is 5.10 Å². The second-order valence-corrected chi connectivity index (χ2v) is 7.65. The fraction of sp³-hybridized carbons (Fsp3) is 0.381. The first kappa shape index (κ1) is 25.1. The van der Waals surface area contributed by atoms with Crippen LogP contribution in [0.3, 0.4) is 0 Å². The van der Waals surface area contributed by atoms with Gasteiger partial charge in [-0.05, 0) is 37.3 Å². The molecule has 0 saturated heterocycles. The van der Waals surface area contributed by atoms with E-state index in [1.165, 1.54) is 0 Å². The van der Waals surface area contributed by atoms with Gasteiger partial charge in [0.2, 0.25) is 0 Å². The Morgan fingerprint density at radius 1 is 1.23 bits per heavy atom. The summed E-state index contributed by atoms with van der Waals surface area (Å²) in [4.78, 5) is 11.1. The molecule has 2 heterocycles. The summed E-state index contributed by atoms with van der Waals surface area (Å²) in [6.07, 6.45) is 1.95. The second-order valence-electron chi connectivity index (χ2n) is 6.76. The standard InChI is InChI=1S/C21H28N6O2S.HI/c1-15(28-4)20-24-17(14-30-20)13-26(3)21(22-2)23-12-16-10-11-27(25-16)18-6-8-19(29-5)9-7-18;/h6-11,14-15H,12-13H2,1-5H3,(H,22,23);1H. The van der Waals surface area contributed by atoms with Crippen LogP contribution in [0.15, 0.2) is 46.9 Å². The van der Waals surface area contributed by atoms with Crippen molar-refractivity contribution in [3.8, 4) is 11.4 Å². The number of rotatable bonds is 8. The molecule has 31 heavy (non-hydrogen) atoms. The molecule has 168 valence electrons. The summed E-state index contributed by atoms with van der Waals surface area (Å²) in [6, 6.07) is 9.78. The van der Waals surface area contributed by atoms with E-state index in [-0.39, 0.29) is 30.1 Å². The number of benzene rings is 1. The van der Waals surface area contributed by atoms with Gasteiger partial charge >= 0.3 is 0 Å². The summed E-state index contributed by atoms with van der Waals surface area (Å²) >= 11 is 1.61. The van der Waals surface area contributed by atoms with Gasteiger partial charge in [-0.1, -0.05) is 0 Å². The maximum absolute atomic E-state index is 5.34. The van der Waals surface area contributed by atoms with Crippen molar-refractivity contribution < 1.29 is 9.47 Å². The van der Waals surface area contributed by atoms with Crippen molar-refractivity contribution in [2.75, 3.05) is 28.3 Å². The number of thiazole rings is 1. The van der Waals surface area contributed by atoms with E-state index in [1.54, 1.807) is 32.6 Å². The van der Waals surface area contributed by atoms with Crippen LogP contribution in [-0.2, 0) is 17.8 Å². The molecule has 1 atom stereocenters. The van der Waals surface area contributed by atoms with Gasteiger partial charge in [0.15, 0.2) is 5.96 Å². The van der Waals surface area contributed by atoms with Gasteiger partial charge in [0.1, 0.15) is 16.9 Å². The fourth-order valence-corrected chi connectivity index (χ4v) is 3.73. The number of guanidine groups is 1. The lowest BCUT2D eigenvalue weighted by Gasteiger charge is -2.20. The first-order valence-electron chi connectivity index (χ1n) is 9.62. The molecule has 3 rings (SSSR count). The molecule has 1 unspecified atom stereocenters. The molecule has 0 saturated carbocycles. The van der Waals surface area contributed by atoms with Crippen LogP contribution in [0, 0.1) is 0 Å². The number of hydrogen-bond donors (Lipinski definition) is 1. The number of aromatic nitrogens is 3. The van der Waals surface area contributed by atoms with Crippen molar-refractivity contribution in [3.63, 3.8) is 0 Å². The molecule has 10 heteroatoms. The molecule has 1 aromatic carbocycles. The highest BCUT2D eigenvalue weighted by Gasteiger charge is 2.13. The van der Waals surface area contributed by atoms with Crippen LogP contribution in [0.1, 0.15) is 29.4 Å². The number of ether oxygens (including phenoxy) is 2. The van der Waals surface area contributed by atoms with E-state index in [2.05, 4.69) is 25.8 Å². The lowest BCUT2D eigenvalue weighted by atomic mass is 10.3. The quantitative estimate of drug-likeness (QED) is 0.258. The molecule has 0 spiro atoms. The van der Waals surface area contributed by atoms with Crippen molar-refractivity contribution in [2.45, 2.75) is 26.1 Å². The average molecular weight is 556 g/mol. The highest BCUT2D eigenvalue weighted by molar-refractivity contribution is 14.0. The van der Waals surface area contributed by atoms with Gasteiger partial charge < -0.3 is 19.7 Å². The molecule has 0 radical (unpaired) electrons. The summed E-state index contributed by atoms with van der Waals surface area (Å²) in [5, 5.41) is 11.0. The first-order valence-corrected chi connectivity index (χ1v) is 10.5. The van der Waals surface area contributed by atoms with Crippen molar-refractivity contribution in [2.24, 2.45) is 4.99 Å². The summed E-state index contributed by atoms with van der Waals surface area (Å²) in [5.74, 6) is 1.60. The van der Waals surface area contributed by atoms with Gasteiger partial charge in [0.05, 0.1) is 37.3 Å². The normalized spacial score (nSPS) is 12.2. The van der Waals surface area contributed by atoms with E-state index >= 15 is 0 Å². The Morgan fingerprint density at radius 2 is 1.97 bits per heavy atom. The molecule has 3 aromatic rings. The highest BCUT2D eigenvalue weighted by atomic mass is 127. The van der Waals surface area contributed by atoms with E-state index in [1.807, 2.05) is 60.1 Å². The van der Waals surface area contributed by atoms with E-state index < -0.39 is 0 Å². The van der Waals surface area contributed by atoms with Crippen LogP contribution in [0.2, 0.25) is 0 Å². The summed E-state index contributed by atoms with van der Waals surface area (Å²) in [5.41, 5.74) is 2.89. The van der Waals surface area contributed by atoms with Gasteiger partial charge in [0.25, 0.3) is 0 Å². The van der Waals surface area contributed by atoms with Crippen molar-refractivity contribution >= 4 is 41.3 Å². The molecular formula is C21H29IN6O2S. The topological polar surface area (TPSA) is 76.8 Å². The minimum Gasteiger partial charge on any atom is -0.497 e. The minimum absolute atomic E-state index is 0. The molecule has 0 aliphatic heterocycles. The molecule has 0 bridgehead atoms. The second kappa shape index (κ2) is 12.0. The molecule has 0 aliphatic rings. The lowest BCUT2D eigenvalue weighted by Crippen LogP contribution is -2.38. The number of halogens is 1. The lowest BCUT2D eigenvalue weighted by molar-refractivity contribution is 0.119. The number of nitrogens with one attached hydrogen (secondary N) is 1. The molecule has 1 N–H and O–H groups in total. The first-order chi connectivity index (χ1) is 14.5. The Bertz CT molecular complexity index is 972. The molecule has 2 aromatic heterocycles. The summed E-state index contributed by atoms with van der Waals surface area (Å²) in [7, 11) is 7.11. The molecule has 8 nitrogen and oxygen atoms in total. The minimum atomic E-state index is 0. The van der Waals surface area contributed by atoms with Crippen molar-refractivity contribution in [3.05, 3.63) is 58.3 Å². The van der Waals surface area contributed by atoms with Gasteiger partial charge in [-0.15, -0.1) is 35.3 Å². The van der Waals surface area contributed by atoms with Crippen LogP contribution in [0.25, 0.3) is 5.69 Å². The van der Waals surface area contributed by atoms with Crippen molar-refractivity contribution in [1.29, 1.82) is 0 Å². The van der Waals surface area contributed by atoms with Gasteiger partial charge in [0, 0.05) is 32.8 Å². The smallest absolute Gasteiger partial charge is 0.194 e. The maximum atomic E-state index is 5.34. The fourth-order valence-electron chi connectivity index (χ4n) is 2.89. The zero-order chi connectivity index (χ0) is 21.5. The van der Waals surface area contributed by atoms with E-state index in [0.717, 1.165) is 33.8 Å². The van der Waals surface area contributed by atoms with E-state index in [4.69, 9.17) is 9.47 Å². The summed E-state index contributed by atoms with van der Waals surface area (Å²) < 4.78 is 12.4. The molecular weight excluding hydrogens is 527 g/mol. The van der Waals surface area contributed by atoms with Crippen molar-refractivity contribution in [1.82, 2.24) is 25.0 Å². The van der Waals surface area contributed by atoms with Crippen LogP contribution < -0.4 is 10.1 Å². The van der Waals surface area contributed by atoms with E-state index in [9.17, 15) is 0 Å². The van der Waals surface area contributed by atoms with Gasteiger partial charge in [-0.3, -0.25) is 4.99 Å². The number of aliphatic imine (C=N–C) groups is 1. The Hall–Kier alpha value is -2.18. The zero-order valence-electron chi connectivity index (χ0n) is 18.4. The monoisotopic (exact) mass is 556 g/mol. The third-order valence-corrected chi connectivity index (χ3v) is 5.71. The maximum Gasteiger partial charge on any atom is 0.194 e. The zero-order valence-corrected chi connectivity index (χ0v) is 21.5. The predicted molar refractivity (Wildman–Crippen MR) is 135 cm³/mol. The SMILES string of the molecule is CN=C(NCc1ccn(-c2ccc(OC)cc2)n1)N(C)Cc1csc(C(C)OC)n1.I. The highest BCUT2D eigenvalue weighted by Crippen LogP contribution is 2.21. The third kappa shape index (κ3) is 6.65. The van der Waals surface area contributed by atoms with Crippen LogP contribution in [0.4, 0.5) is 0 Å². The number of hydrogen-bond acceptors (Lipinski definition) is 6. The number of methoxy groups -OCH3 is 2. The Kier molecular flexibility index (Phi) is 9.72. The molecule has 0 fully saturated rings. The Morgan fingerprint density at radius 3 is 2.61 bits per heavy atom. The largest absolute Gasteiger partial charge is 0.497 e. The Labute approximate surface area is 204 Å². The molecule has 0 amide bonds. The van der Waals surface area contributed by atoms with Crippen LogP contribution in [-0.4, -0.2) is 53.9 Å². The van der Waals surface area contributed by atoms with E-state index in [0.29, 0.717) is 13.1 Å². The Balaban J connectivity index is 0.00000341.